The summed E-state index contributed by atoms with van der Waals surface area (Å²) in [5.74, 6) is -0.247. The number of carbonyl (C=O) groups is 1. The highest BCUT2D eigenvalue weighted by atomic mass is 32.1. The lowest BCUT2D eigenvalue weighted by molar-refractivity contribution is 0.0605. The number of rotatable bonds is 2. The fraction of sp³-hybridized carbons (Fsp3) is 0.364. The first-order chi connectivity index (χ1) is 7.19. The van der Waals surface area contributed by atoms with E-state index in [-0.39, 0.29) is 5.97 Å². The summed E-state index contributed by atoms with van der Waals surface area (Å²) in [6.45, 7) is 4.05. The van der Waals surface area contributed by atoms with E-state index in [1.54, 1.807) is 0 Å². The molecule has 0 N–H and O–H groups in total. The second-order valence-corrected chi connectivity index (χ2v) is 4.38. The van der Waals surface area contributed by atoms with Crippen molar-refractivity contribution in [1.29, 1.82) is 0 Å². The molecule has 2 heterocycles. The maximum absolute atomic E-state index is 11.5. The van der Waals surface area contributed by atoms with Gasteiger partial charge in [0.05, 0.1) is 7.11 Å². The fourth-order valence-corrected chi connectivity index (χ4v) is 2.91. The van der Waals surface area contributed by atoms with E-state index in [0.29, 0.717) is 4.88 Å². The molecule has 0 unspecified atom stereocenters. The number of esters is 1. The molecule has 2 aromatic rings. The standard InChI is InChI=1S/C11H13NO2S/c1-4-8-5-6-12-7(2)9(11(13)14-3)15-10(8)12/h5-6H,4H2,1-3H3. The van der Waals surface area contributed by atoms with E-state index in [0.717, 1.165) is 16.9 Å². The second kappa shape index (κ2) is 3.70. The molecule has 2 aromatic heterocycles. The van der Waals surface area contributed by atoms with Crippen LogP contribution in [0.2, 0.25) is 0 Å². The fourth-order valence-electron chi connectivity index (χ4n) is 1.67. The SMILES string of the molecule is CCc1ccn2c(C)c(C(=O)OC)sc12. The normalized spacial score (nSPS) is 10.9. The number of thiazole rings is 1. The number of ether oxygens (including phenoxy) is 1. The van der Waals surface area contributed by atoms with Crippen molar-refractivity contribution in [1.82, 2.24) is 4.40 Å². The monoisotopic (exact) mass is 223 g/mol. The summed E-state index contributed by atoms with van der Waals surface area (Å²) in [5.41, 5.74) is 2.24. The Hall–Kier alpha value is -1.29. The summed E-state index contributed by atoms with van der Waals surface area (Å²) in [4.78, 5) is 13.3. The summed E-state index contributed by atoms with van der Waals surface area (Å²) < 4.78 is 6.80. The lowest BCUT2D eigenvalue weighted by Gasteiger charge is -1.95. The highest BCUT2D eigenvalue weighted by Gasteiger charge is 2.17. The van der Waals surface area contributed by atoms with Crippen molar-refractivity contribution in [3.63, 3.8) is 0 Å². The zero-order valence-electron chi connectivity index (χ0n) is 9.03. The van der Waals surface area contributed by atoms with Crippen molar-refractivity contribution >= 4 is 22.1 Å². The number of fused-ring (bicyclic) bond motifs is 1. The molecule has 3 nitrogen and oxygen atoms in total. The van der Waals surface area contributed by atoms with Crippen molar-refractivity contribution in [2.45, 2.75) is 20.3 Å². The Morgan fingerprint density at radius 2 is 2.33 bits per heavy atom. The van der Waals surface area contributed by atoms with Gasteiger partial charge in [-0.25, -0.2) is 4.79 Å². The first-order valence-electron chi connectivity index (χ1n) is 4.86. The maximum atomic E-state index is 11.5. The van der Waals surface area contributed by atoms with Gasteiger partial charge in [-0.2, -0.15) is 0 Å². The number of aryl methyl sites for hydroxylation is 2. The smallest absolute Gasteiger partial charge is 0.349 e. The van der Waals surface area contributed by atoms with E-state index in [9.17, 15) is 4.79 Å². The molecular weight excluding hydrogens is 210 g/mol. The average Bonchev–Trinajstić information content (AvgIpc) is 2.78. The van der Waals surface area contributed by atoms with Gasteiger partial charge in [-0.05, 0) is 25.0 Å². The summed E-state index contributed by atoms with van der Waals surface area (Å²) in [7, 11) is 1.41. The Morgan fingerprint density at radius 3 is 2.93 bits per heavy atom. The van der Waals surface area contributed by atoms with Gasteiger partial charge in [0.15, 0.2) is 0 Å². The quantitative estimate of drug-likeness (QED) is 0.733. The minimum absolute atomic E-state index is 0.247. The first kappa shape index (κ1) is 10.2. The number of nitrogens with zero attached hydrogens (tertiary/aromatic N) is 1. The molecule has 0 atom stereocenters. The van der Waals surface area contributed by atoms with Crippen LogP contribution in [0.3, 0.4) is 0 Å². The molecule has 0 aliphatic heterocycles. The van der Waals surface area contributed by atoms with Gasteiger partial charge < -0.3 is 9.14 Å². The van der Waals surface area contributed by atoms with Gasteiger partial charge in [-0.3, -0.25) is 0 Å². The zero-order valence-corrected chi connectivity index (χ0v) is 9.85. The van der Waals surface area contributed by atoms with Crippen LogP contribution in [0.25, 0.3) is 4.83 Å². The van der Waals surface area contributed by atoms with Gasteiger partial charge in [-0.1, -0.05) is 6.92 Å². The predicted octanol–water partition coefficient (Wildman–Crippen LogP) is 2.66. The third kappa shape index (κ3) is 1.45. The van der Waals surface area contributed by atoms with Crippen LogP contribution in [0.4, 0.5) is 0 Å². The van der Waals surface area contributed by atoms with Crippen LogP contribution in [0, 0.1) is 6.92 Å². The van der Waals surface area contributed by atoms with Gasteiger partial charge >= 0.3 is 5.97 Å². The molecule has 0 saturated carbocycles. The van der Waals surface area contributed by atoms with Crippen LogP contribution in [-0.4, -0.2) is 17.5 Å². The molecule has 0 aliphatic rings. The number of hydrogen-bond donors (Lipinski definition) is 0. The number of methoxy groups -OCH3 is 1. The van der Waals surface area contributed by atoms with Crippen molar-refractivity contribution in [2.24, 2.45) is 0 Å². The lowest BCUT2D eigenvalue weighted by atomic mass is 10.3. The van der Waals surface area contributed by atoms with E-state index in [4.69, 9.17) is 4.74 Å². The van der Waals surface area contributed by atoms with Crippen molar-refractivity contribution in [3.05, 3.63) is 28.4 Å². The number of carbonyl (C=O) groups excluding carboxylic acids is 1. The topological polar surface area (TPSA) is 30.7 Å². The molecule has 0 spiro atoms. The molecular formula is C11H13NO2S. The summed E-state index contributed by atoms with van der Waals surface area (Å²) >= 11 is 1.50. The molecule has 4 heteroatoms. The Labute approximate surface area is 92.3 Å². The van der Waals surface area contributed by atoms with Crippen LogP contribution >= 0.6 is 11.3 Å². The van der Waals surface area contributed by atoms with E-state index < -0.39 is 0 Å². The molecule has 0 aliphatic carbocycles. The minimum atomic E-state index is -0.247. The molecule has 0 fully saturated rings. The van der Waals surface area contributed by atoms with Crippen molar-refractivity contribution in [3.8, 4) is 0 Å². The molecule has 0 bridgehead atoms. The number of hydrogen-bond acceptors (Lipinski definition) is 3. The highest BCUT2D eigenvalue weighted by molar-refractivity contribution is 7.19. The van der Waals surface area contributed by atoms with Crippen LogP contribution in [-0.2, 0) is 11.2 Å². The van der Waals surface area contributed by atoms with Gasteiger partial charge in [0, 0.05) is 11.9 Å². The molecule has 2 rings (SSSR count). The molecule has 15 heavy (non-hydrogen) atoms. The van der Waals surface area contributed by atoms with Gasteiger partial charge in [0.25, 0.3) is 0 Å². The number of aromatic nitrogens is 1. The Kier molecular flexibility index (Phi) is 2.52. The van der Waals surface area contributed by atoms with Crippen molar-refractivity contribution in [2.75, 3.05) is 7.11 Å². The third-order valence-corrected chi connectivity index (χ3v) is 3.88. The lowest BCUT2D eigenvalue weighted by Crippen LogP contribution is -2.00. The summed E-state index contributed by atoms with van der Waals surface area (Å²) in [6.07, 6.45) is 2.99. The highest BCUT2D eigenvalue weighted by Crippen LogP contribution is 2.27. The third-order valence-electron chi connectivity index (χ3n) is 2.56. The molecule has 0 radical (unpaired) electrons. The van der Waals surface area contributed by atoms with Crippen LogP contribution < -0.4 is 0 Å². The summed E-state index contributed by atoms with van der Waals surface area (Å²) in [5, 5.41) is 0. The van der Waals surface area contributed by atoms with Gasteiger partial charge in [0.2, 0.25) is 0 Å². The minimum Gasteiger partial charge on any atom is -0.465 e. The molecule has 0 saturated heterocycles. The molecule has 80 valence electrons. The Morgan fingerprint density at radius 1 is 1.60 bits per heavy atom. The Bertz CT molecular complexity index is 510. The van der Waals surface area contributed by atoms with Gasteiger partial charge in [0.1, 0.15) is 9.71 Å². The zero-order chi connectivity index (χ0) is 11.0. The van der Waals surface area contributed by atoms with Crippen LogP contribution in [0.15, 0.2) is 12.3 Å². The van der Waals surface area contributed by atoms with E-state index in [1.807, 2.05) is 13.1 Å². The average molecular weight is 223 g/mol. The molecule has 0 amide bonds. The maximum Gasteiger partial charge on any atom is 0.349 e. The van der Waals surface area contributed by atoms with E-state index in [1.165, 1.54) is 24.0 Å². The first-order valence-corrected chi connectivity index (χ1v) is 5.68. The summed E-state index contributed by atoms with van der Waals surface area (Å²) in [6, 6.07) is 2.10. The van der Waals surface area contributed by atoms with Gasteiger partial charge in [-0.15, -0.1) is 11.3 Å². The predicted molar refractivity (Wildman–Crippen MR) is 60.7 cm³/mol. The van der Waals surface area contributed by atoms with Crippen LogP contribution in [0.1, 0.15) is 27.9 Å². The Balaban J connectivity index is 2.64. The van der Waals surface area contributed by atoms with Crippen molar-refractivity contribution < 1.29 is 9.53 Å². The largest absolute Gasteiger partial charge is 0.465 e. The van der Waals surface area contributed by atoms with E-state index >= 15 is 0 Å². The molecule has 0 aromatic carbocycles. The second-order valence-electron chi connectivity index (χ2n) is 3.38. The van der Waals surface area contributed by atoms with Crippen LogP contribution in [0.5, 0.6) is 0 Å². The van der Waals surface area contributed by atoms with E-state index in [2.05, 4.69) is 17.4 Å².